The van der Waals surface area contributed by atoms with Gasteiger partial charge in [0.15, 0.2) is 0 Å². The summed E-state index contributed by atoms with van der Waals surface area (Å²) in [5.74, 6) is 0. The van der Waals surface area contributed by atoms with Gasteiger partial charge < -0.3 is 0 Å². The normalized spacial score (nSPS) is 11.1. The highest BCUT2D eigenvalue weighted by Gasteiger charge is 2.10. The lowest BCUT2D eigenvalue weighted by Crippen LogP contribution is -2.32. The predicted octanol–water partition coefficient (Wildman–Crippen LogP) is 3.28. The zero-order valence-electron chi connectivity index (χ0n) is 19.0. The molecule has 4 aromatic heterocycles. The van der Waals surface area contributed by atoms with Gasteiger partial charge in [0.2, 0.25) is 44.1 Å². The molecule has 0 radical (unpaired) electrons. The topological polar surface area (TPSA) is 15.5 Å². The van der Waals surface area contributed by atoms with Crippen LogP contribution in [0, 0.1) is 0 Å². The average molecular weight is 421 g/mol. The maximum absolute atomic E-state index is 2.23. The lowest BCUT2D eigenvalue weighted by molar-refractivity contribution is -0.625. The fourth-order valence-corrected chi connectivity index (χ4v) is 4.22. The van der Waals surface area contributed by atoms with Crippen molar-refractivity contribution in [2.75, 3.05) is 0 Å². The Hall–Kier alpha value is -3.92. The van der Waals surface area contributed by atoms with E-state index in [0.29, 0.717) is 0 Å². The Bertz CT molecular complexity index is 1340. The molecule has 4 heteroatoms. The summed E-state index contributed by atoms with van der Waals surface area (Å²) < 4.78 is 8.90. The Morgan fingerprint density at radius 1 is 0.312 bits per heavy atom. The summed E-state index contributed by atoms with van der Waals surface area (Å²) in [5.41, 5.74) is 9.23. The summed E-state index contributed by atoms with van der Waals surface area (Å²) in [5, 5.41) is 0. The maximum atomic E-state index is 2.23. The van der Waals surface area contributed by atoms with Gasteiger partial charge in [-0.2, -0.15) is 18.3 Å². The third-order valence-electron chi connectivity index (χ3n) is 6.46. The van der Waals surface area contributed by atoms with Crippen LogP contribution >= 0.6 is 0 Å². The second-order valence-corrected chi connectivity index (χ2v) is 8.31. The first-order valence-electron chi connectivity index (χ1n) is 10.9. The minimum Gasteiger partial charge on any atom is -0.195 e. The first-order chi connectivity index (χ1) is 15.5. The maximum Gasteiger partial charge on any atom is 0.212 e. The minimum absolute atomic E-state index is 1.15. The summed E-state index contributed by atoms with van der Waals surface area (Å²) >= 11 is 0. The first-order valence-corrected chi connectivity index (χ1v) is 10.9. The molecule has 0 amide bonds. The van der Waals surface area contributed by atoms with Gasteiger partial charge in [-0.3, -0.25) is 0 Å². The minimum atomic E-state index is 1.15. The summed E-state index contributed by atoms with van der Waals surface area (Å²) in [4.78, 5) is 0. The predicted molar refractivity (Wildman–Crippen MR) is 128 cm³/mol. The van der Waals surface area contributed by atoms with Crippen molar-refractivity contribution in [3.05, 3.63) is 97.1 Å². The molecule has 8 bridgehead atoms. The Balaban J connectivity index is 1.99. The van der Waals surface area contributed by atoms with Crippen LogP contribution in [-0.2, 0) is 28.2 Å². The highest BCUT2D eigenvalue weighted by molar-refractivity contribution is 5.60. The van der Waals surface area contributed by atoms with E-state index >= 15 is 0 Å². The SMILES string of the molecule is C[n+]1c2ccc(cc2)[n+](C)c2cccc(c2)[n+](C)c2ccc(cc2)[n+](C)c2cccc1c2. The number of aryl methyl sites for hydroxylation is 4. The molecule has 0 saturated carbocycles. The second kappa shape index (κ2) is 7.97. The van der Waals surface area contributed by atoms with E-state index in [0.717, 1.165) is 44.1 Å². The molecule has 4 nitrogen and oxygen atoms in total. The lowest BCUT2D eigenvalue weighted by Gasteiger charge is -1.97. The molecule has 156 valence electrons. The smallest absolute Gasteiger partial charge is 0.195 e. The third-order valence-corrected chi connectivity index (χ3v) is 6.46. The number of hydrogen-bond donors (Lipinski definition) is 0. The monoisotopic (exact) mass is 420 g/mol. The van der Waals surface area contributed by atoms with Crippen LogP contribution < -0.4 is 18.3 Å². The summed E-state index contributed by atoms with van der Waals surface area (Å²) in [6, 6.07) is 34.7. The van der Waals surface area contributed by atoms with E-state index in [1.807, 2.05) is 0 Å². The average Bonchev–Trinajstić information content (AvgIpc) is 2.87. The van der Waals surface area contributed by atoms with Crippen LogP contribution in [0.5, 0.6) is 0 Å². The van der Waals surface area contributed by atoms with Crippen molar-refractivity contribution in [3.8, 4) is 0 Å². The largest absolute Gasteiger partial charge is 0.212 e. The van der Waals surface area contributed by atoms with Crippen LogP contribution in [-0.4, -0.2) is 0 Å². The van der Waals surface area contributed by atoms with E-state index in [-0.39, 0.29) is 0 Å². The fourth-order valence-electron chi connectivity index (χ4n) is 4.22. The molecule has 4 heterocycles. The number of benzene rings is 4. The molecule has 32 heavy (non-hydrogen) atoms. The van der Waals surface area contributed by atoms with Crippen molar-refractivity contribution in [2.45, 2.75) is 0 Å². The van der Waals surface area contributed by atoms with Crippen LogP contribution in [0.4, 0.5) is 0 Å². The van der Waals surface area contributed by atoms with Crippen LogP contribution in [0.1, 0.15) is 0 Å². The molecular weight excluding hydrogens is 392 g/mol. The Morgan fingerprint density at radius 2 is 0.531 bits per heavy atom. The lowest BCUT2D eigenvalue weighted by atomic mass is 10.2. The second-order valence-electron chi connectivity index (χ2n) is 8.31. The van der Waals surface area contributed by atoms with Crippen LogP contribution in [0.3, 0.4) is 0 Å². The highest BCUT2D eigenvalue weighted by atomic mass is 15.0. The molecule has 0 atom stereocenters. The van der Waals surface area contributed by atoms with E-state index < -0.39 is 0 Å². The molecule has 0 N–H and O–H groups in total. The molecule has 0 unspecified atom stereocenters. The van der Waals surface area contributed by atoms with Crippen molar-refractivity contribution >= 4 is 44.1 Å². The van der Waals surface area contributed by atoms with Crippen molar-refractivity contribution in [1.82, 2.24) is 0 Å². The molecule has 0 aliphatic heterocycles. The van der Waals surface area contributed by atoms with E-state index in [9.17, 15) is 0 Å². The Labute approximate surface area is 187 Å². The molecule has 4 aromatic carbocycles. The number of nitrogens with zero attached hydrogens (tertiary/aromatic N) is 4. The van der Waals surface area contributed by atoms with Crippen molar-refractivity contribution in [1.29, 1.82) is 0 Å². The molecule has 8 rings (SSSR count). The van der Waals surface area contributed by atoms with Crippen LogP contribution in [0.25, 0.3) is 44.1 Å². The van der Waals surface area contributed by atoms with Gasteiger partial charge in [-0.05, 0) is 12.1 Å². The van der Waals surface area contributed by atoms with Gasteiger partial charge in [0.25, 0.3) is 0 Å². The molecule has 0 saturated heterocycles. The highest BCUT2D eigenvalue weighted by Crippen LogP contribution is 2.07. The molecule has 0 spiro atoms. The van der Waals surface area contributed by atoms with Gasteiger partial charge >= 0.3 is 0 Å². The van der Waals surface area contributed by atoms with Gasteiger partial charge in [0, 0.05) is 72.8 Å². The number of hydrogen-bond acceptors (Lipinski definition) is 0. The summed E-state index contributed by atoms with van der Waals surface area (Å²) in [7, 11) is 8.46. The third kappa shape index (κ3) is 3.54. The van der Waals surface area contributed by atoms with Gasteiger partial charge in [0.05, 0.1) is 12.1 Å². The number of aromatic nitrogens is 4. The zero-order chi connectivity index (χ0) is 22.2. The van der Waals surface area contributed by atoms with Crippen molar-refractivity contribution in [2.24, 2.45) is 28.2 Å². The molecule has 0 aliphatic carbocycles. The van der Waals surface area contributed by atoms with Crippen LogP contribution in [0.2, 0.25) is 0 Å². The molecule has 8 aromatic rings. The van der Waals surface area contributed by atoms with E-state index in [4.69, 9.17) is 0 Å². The first kappa shape index (κ1) is 20.0. The molecule has 0 aliphatic rings. The standard InChI is InChI=1S/C28H28N4/c1-29-21-11-13-22(14-12-21)31(3)27-9-6-10-28(20-27)32(4)24-17-15-23(16-18-24)30(2)26-8-5-7-25(29)19-26/h5-20H,1-4H3/q+4. The van der Waals surface area contributed by atoms with E-state index in [1.54, 1.807) is 0 Å². The fraction of sp³-hybridized carbons (Fsp3) is 0.143. The molecular formula is C28H28N4+4. The Kier molecular flexibility index (Phi) is 4.98. The van der Waals surface area contributed by atoms with Crippen LogP contribution in [0.15, 0.2) is 97.1 Å². The van der Waals surface area contributed by atoms with Gasteiger partial charge in [0.1, 0.15) is 28.2 Å². The van der Waals surface area contributed by atoms with Gasteiger partial charge in [-0.1, -0.05) is 0 Å². The van der Waals surface area contributed by atoms with Gasteiger partial charge in [-0.15, -0.1) is 0 Å². The summed E-state index contributed by atoms with van der Waals surface area (Å²) in [6.45, 7) is 0. The zero-order valence-corrected chi connectivity index (χ0v) is 19.0. The van der Waals surface area contributed by atoms with E-state index in [1.165, 1.54) is 0 Å². The quantitative estimate of drug-likeness (QED) is 0.342. The van der Waals surface area contributed by atoms with Crippen molar-refractivity contribution < 1.29 is 18.3 Å². The van der Waals surface area contributed by atoms with E-state index in [2.05, 4.69) is 144 Å². The Morgan fingerprint density at radius 3 is 0.750 bits per heavy atom. The molecule has 0 fully saturated rings. The van der Waals surface area contributed by atoms with Gasteiger partial charge in [-0.25, -0.2) is 0 Å². The summed E-state index contributed by atoms with van der Waals surface area (Å²) in [6.07, 6.45) is 0. The van der Waals surface area contributed by atoms with Crippen molar-refractivity contribution in [3.63, 3.8) is 0 Å². The number of rotatable bonds is 0.